The summed E-state index contributed by atoms with van der Waals surface area (Å²) in [6.45, 7) is 4.17. The smallest absolute Gasteiger partial charge is 0.326 e. The Morgan fingerprint density at radius 3 is 2.26 bits per heavy atom. The van der Waals surface area contributed by atoms with Crippen molar-refractivity contribution in [3.8, 4) is 0 Å². The zero-order chi connectivity index (χ0) is 24.3. The summed E-state index contributed by atoms with van der Waals surface area (Å²) in [5.74, 6) is -0.359. The molecule has 1 heterocycles. The van der Waals surface area contributed by atoms with Crippen molar-refractivity contribution >= 4 is 30.2 Å². The summed E-state index contributed by atoms with van der Waals surface area (Å²) >= 11 is 0. The fraction of sp³-hybridized carbons (Fsp3) is 0.667. The van der Waals surface area contributed by atoms with Crippen LogP contribution in [-0.4, -0.2) is 48.1 Å². The van der Waals surface area contributed by atoms with Gasteiger partial charge in [0.1, 0.15) is 6.04 Å². The lowest BCUT2D eigenvalue weighted by molar-refractivity contribution is -0.142. The second-order valence-electron chi connectivity index (χ2n) is 9.99. The maximum atomic E-state index is 12.7. The summed E-state index contributed by atoms with van der Waals surface area (Å²) in [7, 11) is 0. The molecule has 1 aliphatic heterocycles. The second-order valence-corrected chi connectivity index (χ2v) is 9.99. The van der Waals surface area contributed by atoms with Gasteiger partial charge in [0.15, 0.2) is 0 Å². The van der Waals surface area contributed by atoms with Crippen molar-refractivity contribution in [2.45, 2.75) is 95.6 Å². The summed E-state index contributed by atoms with van der Waals surface area (Å²) in [4.78, 5) is 36.5. The Labute approximate surface area is 215 Å². The van der Waals surface area contributed by atoms with E-state index in [4.69, 9.17) is 0 Å². The monoisotopic (exact) mass is 507 g/mol. The third-order valence-electron chi connectivity index (χ3n) is 7.38. The van der Waals surface area contributed by atoms with E-state index in [1.165, 1.54) is 5.56 Å². The minimum absolute atomic E-state index is 0. The van der Waals surface area contributed by atoms with Crippen LogP contribution >= 0.6 is 12.4 Å². The van der Waals surface area contributed by atoms with Gasteiger partial charge in [-0.05, 0) is 94.0 Å². The predicted octanol–water partition coefficient (Wildman–Crippen LogP) is 4.40. The SMILES string of the molecule is CCCCCC(=O)NC(C[C@H]1CC[C@H](NC(=O)c2ccc(C3CCNCC3)cc2)CC1)C(=O)O.Cl. The molecule has 2 aliphatic rings. The van der Waals surface area contributed by atoms with Gasteiger partial charge in [-0.25, -0.2) is 4.79 Å². The summed E-state index contributed by atoms with van der Waals surface area (Å²) < 4.78 is 0. The molecule has 35 heavy (non-hydrogen) atoms. The molecule has 1 unspecified atom stereocenters. The number of hydrogen-bond acceptors (Lipinski definition) is 4. The second kappa shape index (κ2) is 15.1. The molecule has 2 fully saturated rings. The first kappa shape index (κ1) is 29.1. The number of carboxylic acids is 1. The lowest BCUT2D eigenvalue weighted by Crippen LogP contribution is -2.43. The van der Waals surface area contributed by atoms with Crippen molar-refractivity contribution in [1.29, 1.82) is 0 Å². The molecule has 2 amide bonds. The lowest BCUT2D eigenvalue weighted by atomic mass is 9.82. The number of carbonyl (C=O) groups excluding carboxylic acids is 2. The molecule has 196 valence electrons. The third-order valence-corrected chi connectivity index (χ3v) is 7.38. The number of piperidine rings is 1. The van der Waals surface area contributed by atoms with Crippen LogP contribution in [-0.2, 0) is 9.59 Å². The Morgan fingerprint density at radius 1 is 1.00 bits per heavy atom. The molecule has 4 N–H and O–H groups in total. The number of unbranched alkanes of at least 4 members (excludes halogenated alkanes) is 2. The first-order valence-corrected chi connectivity index (χ1v) is 13.1. The Morgan fingerprint density at radius 2 is 1.66 bits per heavy atom. The standard InChI is InChI=1S/C27H41N3O4.ClH/c1-2-3-4-5-25(31)30-24(27(33)34)18-19-6-12-23(13-7-19)29-26(32)22-10-8-20(9-11-22)21-14-16-28-17-15-21;/h8-11,19,21,23-24,28H,2-7,12-18H2,1H3,(H,29,32)(H,30,31)(H,33,34);1H/t19-,23-,24?;. The molecule has 0 aromatic heterocycles. The van der Waals surface area contributed by atoms with Crippen LogP contribution in [0, 0.1) is 5.92 Å². The molecular formula is C27H42ClN3O4. The van der Waals surface area contributed by atoms with Crippen LogP contribution in [0.1, 0.15) is 99.4 Å². The molecule has 7 nitrogen and oxygen atoms in total. The van der Waals surface area contributed by atoms with E-state index in [-0.39, 0.29) is 36.2 Å². The fourth-order valence-electron chi connectivity index (χ4n) is 5.23. The van der Waals surface area contributed by atoms with E-state index in [2.05, 4.69) is 35.0 Å². The zero-order valence-corrected chi connectivity index (χ0v) is 21.7. The summed E-state index contributed by atoms with van der Waals surface area (Å²) in [5, 5.41) is 18.8. The molecule has 1 saturated carbocycles. The number of halogens is 1. The number of carboxylic acid groups (broad SMARTS) is 1. The van der Waals surface area contributed by atoms with Crippen LogP contribution in [0.25, 0.3) is 0 Å². The van der Waals surface area contributed by atoms with E-state index < -0.39 is 12.0 Å². The Balaban J connectivity index is 0.00000432. The van der Waals surface area contributed by atoms with Crippen LogP contribution in [0.2, 0.25) is 0 Å². The largest absolute Gasteiger partial charge is 0.480 e. The third kappa shape index (κ3) is 9.45. The van der Waals surface area contributed by atoms with Gasteiger partial charge in [-0.3, -0.25) is 9.59 Å². The van der Waals surface area contributed by atoms with Crippen LogP contribution in [0.5, 0.6) is 0 Å². The predicted molar refractivity (Wildman–Crippen MR) is 140 cm³/mol. The first-order chi connectivity index (χ1) is 16.5. The molecule has 8 heteroatoms. The van der Waals surface area contributed by atoms with Gasteiger partial charge in [-0.2, -0.15) is 0 Å². The Bertz CT molecular complexity index is 803. The minimum atomic E-state index is -0.966. The van der Waals surface area contributed by atoms with Crippen LogP contribution in [0.15, 0.2) is 24.3 Å². The lowest BCUT2D eigenvalue weighted by Gasteiger charge is -2.30. The number of rotatable bonds is 11. The minimum Gasteiger partial charge on any atom is -0.480 e. The van der Waals surface area contributed by atoms with Crippen LogP contribution < -0.4 is 16.0 Å². The highest BCUT2D eigenvalue weighted by Gasteiger charge is 2.28. The molecule has 0 bridgehead atoms. The van der Waals surface area contributed by atoms with E-state index in [1.807, 2.05) is 12.1 Å². The van der Waals surface area contributed by atoms with E-state index in [0.29, 0.717) is 24.3 Å². The molecule has 0 spiro atoms. The van der Waals surface area contributed by atoms with Gasteiger partial charge in [0.25, 0.3) is 5.91 Å². The van der Waals surface area contributed by atoms with Crippen molar-refractivity contribution < 1.29 is 19.5 Å². The van der Waals surface area contributed by atoms with Gasteiger partial charge in [-0.1, -0.05) is 31.9 Å². The maximum absolute atomic E-state index is 12.7. The quantitative estimate of drug-likeness (QED) is 0.332. The van der Waals surface area contributed by atoms with Crippen molar-refractivity contribution in [2.75, 3.05) is 13.1 Å². The molecule has 0 radical (unpaired) electrons. The Hall–Kier alpha value is -2.12. The van der Waals surface area contributed by atoms with Gasteiger partial charge in [0.2, 0.25) is 5.91 Å². The van der Waals surface area contributed by atoms with Crippen LogP contribution in [0.3, 0.4) is 0 Å². The van der Waals surface area contributed by atoms with Crippen molar-refractivity contribution in [1.82, 2.24) is 16.0 Å². The van der Waals surface area contributed by atoms with Gasteiger partial charge in [-0.15, -0.1) is 12.4 Å². The van der Waals surface area contributed by atoms with E-state index in [0.717, 1.165) is 70.9 Å². The summed E-state index contributed by atoms with van der Waals surface area (Å²) in [5.41, 5.74) is 2.00. The molecule has 1 aliphatic carbocycles. The van der Waals surface area contributed by atoms with Gasteiger partial charge < -0.3 is 21.1 Å². The topological polar surface area (TPSA) is 108 Å². The number of hydrogen-bond donors (Lipinski definition) is 4. The highest BCUT2D eigenvalue weighted by atomic mass is 35.5. The molecule has 1 aromatic carbocycles. The van der Waals surface area contributed by atoms with E-state index in [9.17, 15) is 19.5 Å². The normalized spacial score (nSPS) is 21.4. The Kier molecular flexibility index (Phi) is 12.6. The van der Waals surface area contributed by atoms with Crippen molar-refractivity contribution in [2.24, 2.45) is 5.92 Å². The maximum Gasteiger partial charge on any atom is 0.326 e. The molecule has 1 atom stereocenters. The first-order valence-electron chi connectivity index (χ1n) is 13.1. The fourth-order valence-corrected chi connectivity index (χ4v) is 5.23. The molecule has 1 saturated heterocycles. The van der Waals surface area contributed by atoms with Crippen molar-refractivity contribution in [3.63, 3.8) is 0 Å². The number of amides is 2. The highest BCUT2D eigenvalue weighted by Crippen LogP contribution is 2.29. The number of benzene rings is 1. The van der Waals surface area contributed by atoms with E-state index in [1.54, 1.807) is 0 Å². The number of aliphatic carboxylic acids is 1. The summed E-state index contributed by atoms with van der Waals surface area (Å²) in [6.07, 6.45) is 9.29. The van der Waals surface area contributed by atoms with Gasteiger partial charge in [0, 0.05) is 18.0 Å². The molecule has 3 rings (SSSR count). The van der Waals surface area contributed by atoms with Gasteiger partial charge in [0.05, 0.1) is 0 Å². The van der Waals surface area contributed by atoms with Crippen LogP contribution in [0.4, 0.5) is 0 Å². The zero-order valence-electron chi connectivity index (χ0n) is 20.9. The molecular weight excluding hydrogens is 466 g/mol. The van der Waals surface area contributed by atoms with Crippen molar-refractivity contribution in [3.05, 3.63) is 35.4 Å². The highest BCUT2D eigenvalue weighted by molar-refractivity contribution is 5.94. The average molecular weight is 508 g/mol. The van der Waals surface area contributed by atoms with E-state index >= 15 is 0 Å². The van der Waals surface area contributed by atoms with Gasteiger partial charge >= 0.3 is 5.97 Å². The molecule has 1 aromatic rings. The summed E-state index contributed by atoms with van der Waals surface area (Å²) in [6, 6.07) is 7.32. The number of nitrogens with one attached hydrogen (secondary N) is 3. The number of carbonyl (C=O) groups is 3. The average Bonchev–Trinajstić information content (AvgIpc) is 2.85.